The second kappa shape index (κ2) is 9.42. The summed E-state index contributed by atoms with van der Waals surface area (Å²) in [6, 6.07) is 4.99. The zero-order valence-corrected chi connectivity index (χ0v) is 19.7. The lowest BCUT2D eigenvalue weighted by molar-refractivity contribution is -0.132. The molecule has 2 aromatic rings. The first-order chi connectivity index (χ1) is 14.9. The number of carbonyl (C=O) groups excluding carboxylic acids is 1. The standard InChI is InChI=1S/C22H31N3O4S2/c1-2-17-8-4-7-14-25(17)31(28,29)18-9-10-19-20(16-18)30-22(27)24(19)15-11-21(26)23-12-5-3-6-13-23/h9-10,16-17H,2-8,11-15H2,1H3. The number of fused-ring (bicyclic) bond motifs is 1. The second-order valence-corrected chi connectivity index (χ2v) is 11.4. The number of nitrogens with zero attached hydrogens (tertiary/aromatic N) is 3. The summed E-state index contributed by atoms with van der Waals surface area (Å²) < 4.78 is 30.4. The van der Waals surface area contributed by atoms with Crippen LogP contribution in [0.3, 0.4) is 0 Å². The monoisotopic (exact) mass is 465 g/mol. The smallest absolute Gasteiger partial charge is 0.308 e. The number of aromatic nitrogens is 1. The highest BCUT2D eigenvalue weighted by molar-refractivity contribution is 7.89. The Morgan fingerprint density at radius 3 is 2.58 bits per heavy atom. The number of amides is 1. The van der Waals surface area contributed by atoms with Gasteiger partial charge in [-0.15, -0.1) is 0 Å². The lowest BCUT2D eigenvalue weighted by Gasteiger charge is -2.34. The van der Waals surface area contributed by atoms with Crippen molar-refractivity contribution in [1.82, 2.24) is 13.8 Å². The number of aryl methyl sites for hydroxylation is 1. The fraction of sp³-hybridized carbons (Fsp3) is 0.636. The topological polar surface area (TPSA) is 79.7 Å². The number of piperidine rings is 2. The number of sulfonamides is 1. The van der Waals surface area contributed by atoms with Crippen LogP contribution in [0, 0.1) is 0 Å². The maximum absolute atomic E-state index is 13.3. The van der Waals surface area contributed by atoms with Crippen molar-refractivity contribution >= 4 is 37.5 Å². The second-order valence-electron chi connectivity index (χ2n) is 8.51. The van der Waals surface area contributed by atoms with Gasteiger partial charge in [-0.25, -0.2) is 8.42 Å². The molecule has 2 saturated heterocycles. The van der Waals surface area contributed by atoms with Gasteiger partial charge < -0.3 is 4.90 Å². The molecular formula is C22H31N3O4S2. The number of carbonyl (C=O) groups is 1. The van der Waals surface area contributed by atoms with Crippen molar-refractivity contribution in [2.75, 3.05) is 19.6 Å². The summed E-state index contributed by atoms with van der Waals surface area (Å²) in [6.07, 6.45) is 7.18. The predicted octanol–water partition coefficient (Wildman–Crippen LogP) is 3.42. The van der Waals surface area contributed by atoms with Crippen LogP contribution in [0.1, 0.15) is 58.3 Å². The van der Waals surface area contributed by atoms with Gasteiger partial charge in [-0.2, -0.15) is 4.31 Å². The molecule has 1 aromatic carbocycles. The van der Waals surface area contributed by atoms with Crippen LogP contribution in [-0.4, -0.2) is 53.8 Å². The molecule has 1 aromatic heterocycles. The van der Waals surface area contributed by atoms with Gasteiger partial charge in [0.15, 0.2) is 0 Å². The van der Waals surface area contributed by atoms with Gasteiger partial charge in [-0.1, -0.05) is 24.7 Å². The number of likely N-dealkylation sites (tertiary alicyclic amines) is 1. The molecule has 170 valence electrons. The summed E-state index contributed by atoms with van der Waals surface area (Å²) in [5.41, 5.74) is 0.700. The molecule has 0 saturated carbocycles. The van der Waals surface area contributed by atoms with E-state index in [9.17, 15) is 18.0 Å². The Kier molecular flexibility index (Phi) is 6.83. The Morgan fingerprint density at radius 1 is 1.10 bits per heavy atom. The van der Waals surface area contributed by atoms with Crippen molar-refractivity contribution in [3.8, 4) is 0 Å². The predicted molar refractivity (Wildman–Crippen MR) is 123 cm³/mol. The van der Waals surface area contributed by atoms with Crippen LogP contribution in [0.5, 0.6) is 0 Å². The molecule has 1 amide bonds. The number of rotatable bonds is 6. The average Bonchev–Trinajstić information content (AvgIpc) is 3.12. The minimum atomic E-state index is -3.59. The van der Waals surface area contributed by atoms with Crippen LogP contribution in [0.25, 0.3) is 10.2 Å². The first-order valence-corrected chi connectivity index (χ1v) is 13.6. The average molecular weight is 466 g/mol. The van der Waals surface area contributed by atoms with Gasteiger partial charge >= 0.3 is 4.87 Å². The summed E-state index contributed by atoms with van der Waals surface area (Å²) in [5, 5.41) is 0. The van der Waals surface area contributed by atoms with Crippen molar-refractivity contribution < 1.29 is 13.2 Å². The maximum atomic E-state index is 13.3. The summed E-state index contributed by atoms with van der Waals surface area (Å²) in [4.78, 5) is 27.1. The molecule has 0 bridgehead atoms. The third kappa shape index (κ3) is 4.59. The number of hydrogen-bond acceptors (Lipinski definition) is 5. The largest absolute Gasteiger partial charge is 0.343 e. The van der Waals surface area contributed by atoms with Gasteiger partial charge in [0.1, 0.15) is 0 Å². The van der Waals surface area contributed by atoms with Gasteiger partial charge in [-0.05, 0) is 56.7 Å². The molecular weight excluding hydrogens is 434 g/mol. The molecule has 4 rings (SSSR count). The van der Waals surface area contributed by atoms with Gasteiger partial charge in [0, 0.05) is 38.6 Å². The van der Waals surface area contributed by atoms with E-state index in [2.05, 4.69) is 0 Å². The Labute approximate surface area is 187 Å². The third-order valence-corrected chi connectivity index (χ3v) is 9.44. The van der Waals surface area contributed by atoms with Gasteiger partial charge in [0.25, 0.3) is 0 Å². The molecule has 1 atom stereocenters. The van der Waals surface area contributed by atoms with Crippen molar-refractivity contribution in [1.29, 1.82) is 0 Å². The van der Waals surface area contributed by atoms with Crippen molar-refractivity contribution in [2.24, 2.45) is 0 Å². The molecule has 0 radical (unpaired) electrons. The first kappa shape index (κ1) is 22.5. The van der Waals surface area contributed by atoms with E-state index in [0.29, 0.717) is 23.3 Å². The lowest BCUT2D eigenvalue weighted by atomic mass is 10.0. The zero-order chi connectivity index (χ0) is 22.0. The van der Waals surface area contributed by atoms with Crippen LogP contribution >= 0.6 is 11.3 Å². The molecule has 31 heavy (non-hydrogen) atoms. The maximum Gasteiger partial charge on any atom is 0.308 e. The van der Waals surface area contributed by atoms with E-state index < -0.39 is 10.0 Å². The molecule has 9 heteroatoms. The van der Waals surface area contributed by atoms with Crippen molar-refractivity contribution in [3.63, 3.8) is 0 Å². The first-order valence-electron chi connectivity index (χ1n) is 11.3. The Hall–Kier alpha value is -1.71. The number of hydrogen-bond donors (Lipinski definition) is 0. The highest BCUT2D eigenvalue weighted by Gasteiger charge is 2.32. The van der Waals surface area contributed by atoms with Gasteiger partial charge in [0.2, 0.25) is 15.9 Å². The quantitative estimate of drug-likeness (QED) is 0.655. The van der Waals surface area contributed by atoms with Crippen molar-refractivity contribution in [3.05, 3.63) is 27.9 Å². The minimum absolute atomic E-state index is 0.0404. The molecule has 2 aliphatic rings. The van der Waals surface area contributed by atoms with E-state index in [1.807, 2.05) is 11.8 Å². The number of thiazole rings is 1. The van der Waals surface area contributed by atoms with E-state index in [1.54, 1.807) is 27.1 Å². The molecule has 2 aliphatic heterocycles. The fourth-order valence-corrected chi connectivity index (χ4v) is 7.59. The van der Waals surface area contributed by atoms with E-state index >= 15 is 0 Å². The summed E-state index contributed by atoms with van der Waals surface area (Å²) in [5.74, 6) is 0.0841. The van der Waals surface area contributed by atoms with E-state index in [-0.39, 0.29) is 28.1 Å². The molecule has 3 heterocycles. The molecule has 0 aliphatic carbocycles. The highest BCUT2D eigenvalue weighted by atomic mass is 32.2. The Balaban J connectivity index is 1.55. The molecule has 7 nitrogen and oxygen atoms in total. The van der Waals surface area contributed by atoms with Gasteiger partial charge in [0.05, 0.1) is 15.1 Å². The Bertz CT molecular complexity index is 1100. The lowest BCUT2D eigenvalue weighted by Crippen LogP contribution is -2.43. The molecule has 2 fully saturated rings. The fourth-order valence-electron chi connectivity index (χ4n) is 4.76. The Morgan fingerprint density at radius 2 is 1.84 bits per heavy atom. The third-order valence-electron chi connectivity index (χ3n) is 6.55. The van der Waals surface area contributed by atoms with Crippen LogP contribution in [0.4, 0.5) is 0 Å². The van der Waals surface area contributed by atoms with E-state index in [0.717, 1.165) is 63.0 Å². The van der Waals surface area contributed by atoms with Crippen LogP contribution in [-0.2, 0) is 21.4 Å². The molecule has 1 unspecified atom stereocenters. The SMILES string of the molecule is CCC1CCCCN1S(=O)(=O)c1ccc2c(c1)sc(=O)n2CCC(=O)N1CCCCC1. The van der Waals surface area contributed by atoms with Gasteiger partial charge in [-0.3, -0.25) is 14.2 Å². The number of benzene rings is 1. The zero-order valence-electron chi connectivity index (χ0n) is 18.1. The highest BCUT2D eigenvalue weighted by Crippen LogP contribution is 2.29. The summed E-state index contributed by atoms with van der Waals surface area (Å²) >= 11 is 1.05. The molecule has 0 N–H and O–H groups in total. The van der Waals surface area contributed by atoms with E-state index in [1.165, 1.54) is 6.42 Å². The summed E-state index contributed by atoms with van der Waals surface area (Å²) in [7, 11) is -3.59. The van der Waals surface area contributed by atoms with Crippen LogP contribution < -0.4 is 4.87 Å². The van der Waals surface area contributed by atoms with Crippen LogP contribution in [0.15, 0.2) is 27.9 Å². The molecule has 0 spiro atoms. The van der Waals surface area contributed by atoms with Crippen molar-refractivity contribution in [2.45, 2.75) is 75.8 Å². The summed E-state index contributed by atoms with van der Waals surface area (Å²) in [6.45, 7) is 4.50. The minimum Gasteiger partial charge on any atom is -0.343 e. The van der Waals surface area contributed by atoms with Crippen LogP contribution in [0.2, 0.25) is 0 Å². The van der Waals surface area contributed by atoms with E-state index in [4.69, 9.17) is 0 Å². The normalized spacial score (nSPS) is 20.9.